The number of rotatable bonds is 4. The Labute approximate surface area is 121 Å². The highest BCUT2D eigenvalue weighted by Crippen LogP contribution is 2.23. The summed E-state index contributed by atoms with van der Waals surface area (Å²) in [5.41, 5.74) is 5.64. The fraction of sp³-hybridized carbons (Fsp3) is 0.214. The third-order valence-corrected chi connectivity index (χ3v) is 3.76. The van der Waals surface area contributed by atoms with Crippen molar-refractivity contribution in [3.63, 3.8) is 0 Å². The van der Waals surface area contributed by atoms with Gasteiger partial charge in [0, 0.05) is 0 Å². The monoisotopic (exact) mass is 289 g/mol. The molecule has 0 amide bonds. The third kappa shape index (κ3) is 3.21. The molecule has 0 bridgehead atoms. The molecule has 1 heterocycles. The van der Waals surface area contributed by atoms with Crippen LogP contribution >= 0.6 is 11.3 Å². The Kier molecular flexibility index (Phi) is 4.47. The minimum Gasteiger partial charge on any atom is -0.465 e. The van der Waals surface area contributed by atoms with Crippen molar-refractivity contribution in [1.82, 2.24) is 4.98 Å². The number of aromatic nitrogens is 1. The first-order chi connectivity index (χ1) is 9.61. The second-order valence-electron chi connectivity index (χ2n) is 4.15. The number of nitrogens with zero attached hydrogens (tertiary/aromatic N) is 2. The number of hydrogen-bond donors (Lipinski definition) is 1. The van der Waals surface area contributed by atoms with Gasteiger partial charge in [-0.05, 0) is 25.0 Å². The lowest BCUT2D eigenvalue weighted by atomic mass is 10.1. The Hall–Kier alpha value is -2.21. The maximum Gasteiger partial charge on any atom is 0.350 e. The molecule has 0 radical (unpaired) electrons. The number of carbonyl (C=O) groups is 1. The average Bonchev–Trinajstić information content (AvgIpc) is 2.81. The zero-order valence-corrected chi connectivity index (χ0v) is 12.3. The van der Waals surface area contributed by atoms with Crippen molar-refractivity contribution in [3.8, 4) is 0 Å². The summed E-state index contributed by atoms with van der Waals surface area (Å²) in [6.07, 6.45) is 1.73. The van der Waals surface area contributed by atoms with E-state index in [1.807, 2.05) is 31.2 Å². The molecule has 6 heteroatoms. The minimum atomic E-state index is -0.379. The van der Waals surface area contributed by atoms with Crippen molar-refractivity contribution in [3.05, 3.63) is 46.0 Å². The van der Waals surface area contributed by atoms with Crippen molar-refractivity contribution in [2.24, 2.45) is 5.10 Å². The highest BCUT2D eigenvalue weighted by Gasteiger charge is 2.15. The molecular weight excluding hydrogens is 274 g/mol. The first-order valence-corrected chi connectivity index (χ1v) is 6.84. The van der Waals surface area contributed by atoms with Gasteiger partial charge in [-0.25, -0.2) is 9.78 Å². The van der Waals surface area contributed by atoms with Crippen LogP contribution in [0.5, 0.6) is 0 Å². The molecule has 104 valence electrons. The molecule has 0 aliphatic rings. The van der Waals surface area contributed by atoms with E-state index in [1.54, 1.807) is 13.1 Å². The second-order valence-corrected chi connectivity index (χ2v) is 5.15. The van der Waals surface area contributed by atoms with E-state index >= 15 is 0 Å². The normalized spacial score (nSPS) is 10.8. The van der Waals surface area contributed by atoms with Gasteiger partial charge in [-0.1, -0.05) is 35.6 Å². The smallest absolute Gasteiger partial charge is 0.350 e. The quantitative estimate of drug-likeness (QED) is 0.534. The predicted molar refractivity (Wildman–Crippen MR) is 80.6 cm³/mol. The molecular formula is C14H15N3O2S. The Bertz CT molecular complexity index is 650. The van der Waals surface area contributed by atoms with Gasteiger partial charge < -0.3 is 4.74 Å². The Morgan fingerprint density at radius 2 is 2.15 bits per heavy atom. The van der Waals surface area contributed by atoms with Gasteiger partial charge >= 0.3 is 5.97 Å². The summed E-state index contributed by atoms with van der Waals surface area (Å²) in [6, 6.07) is 7.93. The molecule has 0 saturated heterocycles. The van der Waals surface area contributed by atoms with Crippen molar-refractivity contribution in [2.45, 2.75) is 13.8 Å². The van der Waals surface area contributed by atoms with Gasteiger partial charge in [0.1, 0.15) is 4.88 Å². The van der Waals surface area contributed by atoms with Crippen LogP contribution in [0, 0.1) is 13.8 Å². The fourth-order valence-corrected chi connectivity index (χ4v) is 2.45. The highest BCUT2D eigenvalue weighted by atomic mass is 32.1. The van der Waals surface area contributed by atoms with E-state index in [4.69, 9.17) is 0 Å². The number of methoxy groups -OCH3 is 1. The lowest BCUT2D eigenvalue weighted by molar-refractivity contribution is 0.0605. The van der Waals surface area contributed by atoms with Gasteiger partial charge in [0.05, 0.1) is 19.0 Å². The van der Waals surface area contributed by atoms with Gasteiger partial charge in [0.2, 0.25) is 5.13 Å². The molecule has 0 saturated carbocycles. The van der Waals surface area contributed by atoms with Gasteiger partial charge in [0.15, 0.2) is 0 Å². The van der Waals surface area contributed by atoms with Gasteiger partial charge in [-0.15, -0.1) is 0 Å². The summed E-state index contributed by atoms with van der Waals surface area (Å²) >= 11 is 1.22. The van der Waals surface area contributed by atoms with E-state index in [0.717, 1.165) is 11.1 Å². The molecule has 0 atom stereocenters. The molecule has 0 aliphatic heterocycles. The summed E-state index contributed by atoms with van der Waals surface area (Å²) in [6.45, 7) is 3.78. The molecule has 2 rings (SSSR count). The van der Waals surface area contributed by atoms with Gasteiger partial charge in [-0.3, -0.25) is 5.43 Å². The van der Waals surface area contributed by atoms with E-state index in [-0.39, 0.29) is 5.97 Å². The first kappa shape index (κ1) is 14.2. The van der Waals surface area contributed by atoms with E-state index in [2.05, 4.69) is 20.2 Å². The number of hydrogen-bond acceptors (Lipinski definition) is 6. The van der Waals surface area contributed by atoms with E-state index < -0.39 is 0 Å². The van der Waals surface area contributed by atoms with Crippen molar-refractivity contribution >= 4 is 28.7 Å². The Morgan fingerprint density at radius 1 is 1.40 bits per heavy atom. The average molecular weight is 289 g/mol. The fourth-order valence-electron chi connectivity index (χ4n) is 1.62. The largest absolute Gasteiger partial charge is 0.465 e. The molecule has 5 nitrogen and oxygen atoms in total. The van der Waals surface area contributed by atoms with Crippen LogP contribution in [0.25, 0.3) is 0 Å². The van der Waals surface area contributed by atoms with Crippen LogP contribution in [0.3, 0.4) is 0 Å². The van der Waals surface area contributed by atoms with Crippen LogP contribution in [0.15, 0.2) is 29.4 Å². The van der Waals surface area contributed by atoms with Crippen LogP contribution in [-0.2, 0) is 4.74 Å². The second kappa shape index (κ2) is 6.29. The molecule has 0 aliphatic carbocycles. The maximum atomic E-state index is 11.5. The number of ether oxygens (including phenoxy) is 1. The summed E-state index contributed by atoms with van der Waals surface area (Å²) in [5.74, 6) is -0.379. The summed E-state index contributed by atoms with van der Waals surface area (Å²) in [7, 11) is 1.35. The van der Waals surface area contributed by atoms with Crippen molar-refractivity contribution < 1.29 is 9.53 Å². The predicted octanol–water partition coefficient (Wildman–Crippen LogP) is 2.99. The molecule has 0 unspecified atom stereocenters. The molecule has 1 N–H and O–H groups in total. The molecule has 2 aromatic rings. The summed E-state index contributed by atoms with van der Waals surface area (Å²) in [4.78, 5) is 16.2. The number of benzene rings is 1. The number of carbonyl (C=O) groups excluding carboxylic acids is 1. The molecule has 0 spiro atoms. The topological polar surface area (TPSA) is 63.6 Å². The number of aryl methyl sites for hydroxylation is 2. The lowest BCUT2D eigenvalue weighted by Gasteiger charge is -1.98. The SMILES string of the molecule is COC(=O)c1sc(N/N=C/c2ccccc2C)nc1C. The third-order valence-electron chi connectivity index (χ3n) is 2.72. The van der Waals surface area contributed by atoms with Crippen LogP contribution in [0.4, 0.5) is 5.13 Å². The van der Waals surface area contributed by atoms with Gasteiger partial charge in [0.25, 0.3) is 0 Å². The summed E-state index contributed by atoms with van der Waals surface area (Å²) in [5, 5.41) is 4.70. The number of nitrogens with one attached hydrogen (secondary N) is 1. The number of esters is 1. The highest BCUT2D eigenvalue weighted by molar-refractivity contribution is 7.17. The van der Waals surface area contributed by atoms with E-state index in [0.29, 0.717) is 15.7 Å². The van der Waals surface area contributed by atoms with E-state index in [9.17, 15) is 4.79 Å². The number of anilines is 1. The van der Waals surface area contributed by atoms with Crippen LogP contribution in [-0.4, -0.2) is 24.3 Å². The van der Waals surface area contributed by atoms with Crippen LogP contribution in [0.1, 0.15) is 26.5 Å². The van der Waals surface area contributed by atoms with Crippen molar-refractivity contribution in [2.75, 3.05) is 12.5 Å². The minimum absolute atomic E-state index is 0.379. The maximum absolute atomic E-state index is 11.5. The number of thiazole rings is 1. The molecule has 1 aromatic carbocycles. The number of hydrazone groups is 1. The van der Waals surface area contributed by atoms with E-state index in [1.165, 1.54) is 18.4 Å². The Morgan fingerprint density at radius 3 is 2.85 bits per heavy atom. The lowest BCUT2D eigenvalue weighted by Crippen LogP contribution is -1.99. The summed E-state index contributed by atoms with van der Waals surface area (Å²) < 4.78 is 4.69. The van der Waals surface area contributed by atoms with Crippen LogP contribution in [0.2, 0.25) is 0 Å². The first-order valence-electron chi connectivity index (χ1n) is 6.02. The zero-order chi connectivity index (χ0) is 14.5. The molecule has 0 fully saturated rings. The van der Waals surface area contributed by atoms with Crippen molar-refractivity contribution in [1.29, 1.82) is 0 Å². The molecule has 1 aromatic heterocycles. The van der Waals surface area contributed by atoms with Crippen LogP contribution < -0.4 is 5.43 Å². The molecule has 20 heavy (non-hydrogen) atoms. The van der Waals surface area contributed by atoms with Gasteiger partial charge in [-0.2, -0.15) is 5.10 Å². The zero-order valence-electron chi connectivity index (χ0n) is 11.5. The Balaban J connectivity index is 2.08. The standard InChI is InChI=1S/C14H15N3O2S/c1-9-6-4-5-7-11(9)8-15-17-14-16-10(2)12(20-14)13(18)19-3/h4-8H,1-3H3,(H,16,17)/b15-8+.